The van der Waals surface area contributed by atoms with E-state index in [0.717, 1.165) is 0 Å². The highest BCUT2D eigenvalue weighted by atomic mass is 16.5. The summed E-state index contributed by atoms with van der Waals surface area (Å²) < 4.78 is 20.5. The second kappa shape index (κ2) is 8.67. The second-order valence-electron chi connectivity index (χ2n) is 5.50. The van der Waals surface area contributed by atoms with Crippen LogP contribution in [0.2, 0.25) is 0 Å². The minimum absolute atomic E-state index is 0.203. The average molecular weight is 382 g/mol. The van der Waals surface area contributed by atoms with Crippen molar-refractivity contribution < 1.29 is 23.5 Å². The number of methoxy groups -OCH3 is 3. The number of rotatable bonds is 7. The van der Waals surface area contributed by atoms with E-state index < -0.39 is 5.91 Å². The van der Waals surface area contributed by atoms with Crippen LogP contribution >= 0.6 is 0 Å². The number of nitrogens with zero attached hydrogens (tertiary/aromatic N) is 3. The van der Waals surface area contributed by atoms with Crippen molar-refractivity contribution in [2.75, 3.05) is 21.3 Å². The minimum atomic E-state index is -0.627. The smallest absolute Gasteiger partial charge is 0.329 e. The summed E-state index contributed by atoms with van der Waals surface area (Å²) in [6.07, 6.45) is 1.45. The Hall–Kier alpha value is -3.88. The Labute approximate surface area is 160 Å². The van der Waals surface area contributed by atoms with Gasteiger partial charge in [0.15, 0.2) is 0 Å². The molecule has 0 radical (unpaired) electrons. The summed E-state index contributed by atoms with van der Waals surface area (Å²) in [4.78, 5) is 16.2. The van der Waals surface area contributed by atoms with Gasteiger partial charge in [0.1, 0.15) is 17.2 Å². The van der Waals surface area contributed by atoms with E-state index in [0.29, 0.717) is 28.4 Å². The van der Waals surface area contributed by atoms with Gasteiger partial charge in [0.2, 0.25) is 5.82 Å². The van der Waals surface area contributed by atoms with Gasteiger partial charge in [0.25, 0.3) is 0 Å². The number of ether oxygens (including phenoxy) is 3. The lowest BCUT2D eigenvalue weighted by Gasteiger charge is -2.05. The van der Waals surface area contributed by atoms with Crippen LogP contribution in [0.4, 0.5) is 0 Å². The molecular weight excluding hydrogens is 364 g/mol. The van der Waals surface area contributed by atoms with E-state index in [4.69, 9.17) is 18.7 Å². The van der Waals surface area contributed by atoms with Crippen molar-refractivity contribution in [2.24, 2.45) is 5.10 Å². The number of hydrazone groups is 1. The van der Waals surface area contributed by atoms with Crippen LogP contribution in [0, 0.1) is 0 Å². The fraction of sp³-hybridized carbons (Fsp3) is 0.158. The monoisotopic (exact) mass is 382 g/mol. The molecule has 28 heavy (non-hydrogen) atoms. The van der Waals surface area contributed by atoms with Crippen LogP contribution in [0.3, 0.4) is 0 Å². The zero-order chi connectivity index (χ0) is 19.9. The lowest BCUT2D eigenvalue weighted by atomic mass is 10.2. The van der Waals surface area contributed by atoms with Crippen LogP contribution in [0.15, 0.2) is 52.1 Å². The zero-order valence-electron chi connectivity index (χ0n) is 15.5. The van der Waals surface area contributed by atoms with Crippen LogP contribution in [-0.2, 0) is 0 Å². The highest BCUT2D eigenvalue weighted by Gasteiger charge is 2.15. The van der Waals surface area contributed by atoms with E-state index in [9.17, 15) is 4.79 Å². The van der Waals surface area contributed by atoms with Gasteiger partial charge in [-0.1, -0.05) is 5.16 Å². The highest BCUT2D eigenvalue weighted by molar-refractivity contribution is 5.91. The maximum atomic E-state index is 12.1. The van der Waals surface area contributed by atoms with Gasteiger partial charge >= 0.3 is 11.8 Å². The Bertz CT molecular complexity index is 960. The summed E-state index contributed by atoms with van der Waals surface area (Å²) in [5.41, 5.74) is 3.71. The van der Waals surface area contributed by atoms with E-state index in [2.05, 4.69) is 20.7 Å². The normalized spacial score (nSPS) is 10.7. The van der Waals surface area contributed by atoms with Gasteiger partial charge in [-0.25, -0.2) is 5.43 Å². The van der Waals surface area contributed by atoms with Gasteiger partial charge < -0.3 is 18.7 Å². The van der Waals surface area contributed by atoms with Crippen molar-refractivity contribution in [2.45, 2.75) is 0 Å². The molecule has 0 spiro atoms. The third kappa shape index (κ3) is 4.44. The Morgan fingerprint density at radius 1 is 1.00 bits per heavy atom. The quantitative estimate of drug-likeness (QED) is 0.494. The first-order valence-corrected chi connectivity index (χ1v) is 8.17. The van der Waals surface area contributed by atoms with Crippen molar-refractivity contribution in [1.82, 2.24) is 15.6 Å². The molecule has 0 bridgehead atoms. The van der Waals surface area contributed by atoms with Gasteiger partial charge in [-0.3, -0.25) is 4.79 Å². The largest absolute Gasteiger partial charge is 0.497 e. The molecule has 3 rings (SSSR count). The number of hydrogen-bond donors (Lipinski definition) is 1. The van der Waals surface area contributed by atoms with Crippen molar-refractivity contribution in [3.05, 3.63) is 53.9 Å². The molecule has 1 amide bonds. The predicted octanol–water partition coefficient (Wildman–Crippen LogP) is 2.53. The van der Waals surface area contributed by atoms with Crippen molar-refractivity contribution in [1.29, 1.82) is 0 Å². The summed E-state index contributed by atoms with van der Waals surface area (Å²) in [7, 11) is 4.68. The predicted molar refractivity (Wildman–Crippen MR) is 101 cm³/mol. The van der Waals surface area contributed by atoms with Crippen molar-refractivity contribution >= 4 is 12.1 Å². The summed E-state index contributed by atoms with van der Waals surface area (Å²) in [5.74, 6) is 1.37. The number of aromatic nitrogens is 2. The van der Waals surface area contributed by atoms with Crippen LogP contribution < -0.4 is 19.6 Å². The van der Waals surface area contributed by atoms with Crippen LogP contribution in [0.1, 0.15) is 16.2 Å². The number of benzene rings is 2. The molecule has 0 unspecified atom stereocenters. The van der Waals surface area contributed by atoms with Crippen LogP contribution in [0.25, 0.3) is 11.4 Å². The fourth-order valence-electron chi connectivity index (χ4n) is 2.29. The summed E-state index contributed by atoms with van der Waals surface area (Å²) in [6, 6.07) is 12.3. The van der Waals surface area contributed by atoms with Gasteiger partial charge in [0.05, 0.1) is 27.5 Å². The van der Waals surface area contributed by atoms with Crippen molar-refractivity contribution in [3.63, 3.8) is 0 Å². The number of nitrogens with one attached hydrogen (secondary N) is 1. The topological polar surface area (TPSA) is 108 Å². The molecule has 1 aromatic heterocycles. The molecule has 3 aromatic rings. The first-order valence-electron chi connectivity index (χ1n) is 8.17. The lowest BCUT2D eigenvalue weighted by Crippen LogP contribution is -2.18. The number of carbonyl (C=O) groups is 1. The van der Waals surface area contributed by atoms with E-state index in [1.807, 2.05) is 0 Å². The Morgan fingerprint density at radius 3 is 2.25 bits per heavy atom. The summed E-state index contributed by atoms with van der Waals surface area (Å²) in [6.45, 7) is 0. The molecule has 9 nitrogen and oxygen atoms in total. The van der Waals surface area contributed by atoms with E-state index in [1.54, 1.807) is 63.8 Å². The van der Waals surface area contributed by atoms with Crippen LogP contribution in [-0.4, -0.2) is 43.6 Å². The number of amides is 1. The number of carbonyl (C=O) groups excluding carboxylic acids is 1. The van der Waals surface area contributed by atoms with Gasteiger partial charge in [-0.2, -0.15) is 10.1 Å². The molecule has 0 aliphatic rings. The Balaban J connectivity index is 1.67. The Kier molecular flexibility index (Phi) is 5.85. The molecule has 0 atom stereocenters. The van der Waals surface area contributed by atoms with Gasteiger partial charge in [-0.05, 0) is 36.4 Å². The maximum absolute atomic E-state index is 12.1. The summed E-state index contributed by atoms with van der Waals surface area (Å²) >= 11 is 0. The molecule has 0 saturated carbocycles. The molecule has 0 saturated heterocycles. The van der Waals surface area contributed by atoms with E-state index in [1.165, 1.54) is 6.21 Å². The standard InChI is InChI=1S/C19H18N4O5/c1-25-14-6-4-13(5-7-14)17-21-19(28-23-17)18(24)22-20-11-12-8-15(26-2)10-16(9-12)27-3/h4-11H,1-3H3,(H,22,24). The first-order chi connectivity index (χ1) is 13.6. The molecule has 1 heterocycles. The highest BCUT2D eigenvalue weighted by Crippen LogP contribution is 2.21. The van der Waals surface area contributed by atoms with Crippen molar-refractivity contribution in [3.8, 4) is 28.6 Å². The molecule has 1 N–H and O–H groups in total. The van der Waals surface area contributed by atoms with Gasteiger partial charge in [0, 0.05) is 17.2 Å². The zero-order valence-corrected chi connectivity index (χ0v) is 15.5. The van der Waals surface area contributed by atoms with E-state index >= 15 is 0 Å². The molecule has 0 fully saturated rings. The lowest BCUT2D eigenvalue weighted by molar-refractivity contribution is 0.0911. The second-order valence-corrected chi connectivity index (χ2v) is 5.50. The van der Waals surface area contributed by atoms with E-state index in [-0.39, 0.29) is 11.7 Å². The van der Waals surface area contributed by atoms with Gasteiger partial charge in [-0.15, -0.1) is 0 Å². The van der Waals surface area contributed by atoms with Crippen LogP contribution in [0.5, 0.6) is 17.2 Å². The number of hydrogen-bond acceptors (Lipinski definition) is 8. The molecule has 144 valence electrons. The molecule has 0 aliphatic carbocycles. The SMILES string of the molecule is COc1ccc(-c2noc(C(=O)NN=Cc3cc(OC)cc(OC)c3)n2)cc1. The molecule has 0 aliphatic heterocycles. The average Bonchev–Trinajstić information content (AvgIpc) is 3.24. The fourth-order valence-corrected chi connectivity index (χ4v) is 2.29. The molecular formula is C19H18N4O5. The Morgan fingerprint density at radius 2 is 1.64 bits per heavy atom. The first kappa shape index (κ1) is 18.9. The maximum Gasteiger partial charge on any atom is 0.329 e. The third-order valence-corrected chi connectivity index (χ3v) is 3.72. The molecule has 9 heteroatoms. The minimum Gasteiger partial charge on any atom is -0.497 e. The summed E-state index contributed by atoms with van der Waals surface area (Å²) in [5, 5.41) is 7.70. The molecule has 2 aromatic carbocycles. The third-order valence-electron chi connectivity index (χ3n) is 3.72.